The number of rotatable bonds is 16. The zero-order valence-corrected chi connectivity index (χ0v) is 79.3. The number of carbonyl (C=O) groups excluding carboxylic acids is 11. The minimum absolute atomic E-state index is 0. The molecular weight excluding hydrogens is 1660 g/mol. The summed E-state index contributed by atoms with van der Waals surface area (Å²) in [7, 11) is -6.93. The van der Waals surface area contributed by atoms with E-state index in [4.69, 9.17) is 34.6 Å². The van der Waals surface area contributed by atoms with Gasteiger partial charge in [-0.1, -0.05) is 117 Å². The molecule has 710 valence electrons. The first-order chi connectivity index (χ1) is 58.4. The summed E-state index contributed by atoms with van der Waals surface area (Å²) in [4.78, 5) is 164. The van der Waals surface area contributed by atoms with Crippen LogP contribution in [0.15, 0.2) is 36.5 Å². The number of carboxylic acids is 1. The van der Waals surface area contributed by atoms with E-state index < -0.39 is 143 Å². The van der Waals surface area contributed by atoms with Gasteiger partial charge in [0.05, 0.1) is 17.1 Å². The van der Waals surface area contributed by atoms with Crippen molar-refractivity contribution in [1.29, 1.82) is 0 Å². The number of ether oxygens (including phenoxy) is 4. The first-order valence-corrected chi connectivity index (χ1v) is 48.6. The van der Waals surface area contributed by atoms with Gasteiger partial charge in [-0.3, -0.25) is 48.8 Å². The molecule has 3 saturated heterocycles. The predicted octanol–water partition coefficient (Wildman–Crippen LogP) is 7.44. The maximum absolute atomic E-state index is 14.0. The minimum Gasteiger partial charge on any atom is -1.00 e. The molecule has 34 nitrogen and oxygen atoms in total. The fourth-order valence-corrected chi connectivity index (χ4v) is 19.9. The van der Waals surface area contributed by atoms with E-state index in [-0.39, 0.29) is 91.3 Å². The standard InChI is InChI=1S/C30H48N4O7S.C29H47N3O6.C27H43N3O6.C3H7NO2S.Li.H2O2.H/c1-19(2)15-20-16-24-25(35)32-30(27(37)33-42(39,40)22-13-14-22)17-21(30)11-9-7-6-8-10-12-23(26(36)34(24)18-20)31-28(38)41-29(3,4)5;1-7-37-26(35)29-17-21(29)13-11-9-8-10-12-14-22(30-27(36)38-28(4,5)6)25(34)32-18-20(15-19(2)3)16-23(32)24(33)31-29;1-17(2)13-18-14-21-22(31)29-27(24(33)34)15-19(27)11-9-7-6-8-10-12-20(23(32)30(21)16-18)28-25(35)36-26(3,4)5;4-7(5,6)3-1-2-3;;1-2;/h9,11,19-24H,6-8,10,12-18H2,1-5H3,(H,31,38)(H,32,35)(H,33,37);11,13,19-23H,7-10,12,14-18H2,1-6H3,(H,30,36)(H,31,33);9,11,17-21H,6-8,10,12-16H2,1-5H3,(H,28,35)(H,29,31)(H,33,34);3H,1-2H2,(H2,4,5,6);;1-2H;/q;;;;+1;;-1/b11-9-;13-11-;11-9-;;;;/t20-,21-,23+,24+,30-;20-,21-,22+,23+,29-;18-,19-,20+,21+,27-;;;;/m111..../s1. The van der Waals surface area contributed by atoms with Crippen molar-refractivity contribution in [2.75, 3.05) is 26.2 Å². The van der Waals surface area contributed by atoms with Gasteiger partial charge in [-0.05, 0) is 246 Å². The summed E-state index contributed by atoms with van der Waals surface area (Å²) in [5.41, 5.74) is -5.91. The molecule has 8 fully saturated rings. The first kappa shape index (κ1) is 107. The number of alkyl carbamates (subject to hydrolysis) is 3. The number of aliphatic carboxylic acids is 1. The molecule has 5 aliphatic carbocycles. The molecule has 37 heteroatoms. The van der Waals surface area contributed by atoms with Crippen molar-refractivity contribution < 1.29 is 129 Å². The smallest absolute Gasteiger partial charge is 1.00 e. The zero-order chi connectivity index (χ0) is 93.1. The Labute approximate surface area is 759 Å². The second-order valence-electron chi connectivity index (χ2n) is 40.3. The Bertz CT molecular complexity index is 4110. The van der Waals surface area contributed by atoms with Crippen LogP contribution in [-0.4, -0.2) is 225 Å². The van der Waals surface area contributed by atoms with Gasteiger partial charge in [-0.15, -0.1) is 0 Å². The average Bonchev–Trinajstić information content (AvgIpc) is 1.58. The number of hydrogen-bond acceptors (Lipinski definition) is 22. The van der Waals surface area contributed by atoms with Gasteiger partial charge in [0.15, 0.2) is 0 Å². The third kappa shape index (κ3) is 32.3. The third-order valence-electron chi connectivity index (χ3n) is 24.2. The first-order valence-electron chi connectivity index (χ1n) is 45.4. The number of carbonyl (C=O) groups is 12. The van der Waals surface area contributed by atoms with Crippen molar-refractivity contribution in [3.8, 4) is 0 Å². The van der Waals surface area contributed by atoms with Gasteiger partial charge in [0.2, 0.25) is 55.5 Å². The van der Waals surface area contributed by atoms with Crippen LogP contribution in [0.3, 0.4) is 0 Å². The Morgan fingerprint density at radius 3 is 1.08 bits per heavy atom. The fraction of sp³-hybridized carbons (Fsp3) is 0.798. The number of amides is 10. The van der Waals surface area contributed by atoms with Crippen molar-refractivity contribution in [2.24, 2.45) is 58.4 Å². The summed E-state index contributed by atoms with van der Waals surface area (Å²) >= 11 is 0. The molecule has 10 amide bonds. The number of primary sulfonamides is 1. The molecule has 11 aliphatic rings. The van der Waals surface area contributed by atoms with E-state index in [2.05, 4.69) is 84.2 Å². The summed E-state index contributed by atoms with van der Waals surface area (Å²) in [5, 5.41) is 42.8. The molecule has 126 heavy (non-hydrogen) atoms. The van der Waals surface area contributed by atoms with Crippen molar-refractivity contribution in [3.63, 3.8) is 0 Å². The van der Waals surface area contributed by atoms with Crippen LogP contribution in [0.25, 0.3) is 0 Å². The van der Waals surface area contributed by atoms with E-state index in [1.807, 2.05) is 30.4 Å². The van der Waals surface area contributed by atoms with Crippen molar-refractivity contribution in [2.45, 2.75) is 371 Å². The number of fused-ring (bicyclic) bond motifs is 6. The predicted molar refractivity (Wildman–Crippen MR) is 469 cm³/mol. The van der Waals surface area contributed by atoms with E-state index in [1.165, 1.54) is 0 Å². The number of allylic oxidation sites excluding steroid dienone is 3. The van der Waals surface area contributed by atoms with E-state index in [9.17, 15) is 79.5 Å². The normalized spacial score (nSPS) is 30.5. The Morgan fingerprint density at radius 1 is 0.484 bits per heavy atom. The van der Waals surface area contributed by atoms with Crippen LogP contribution in [-0.2, 0) is 82.1 Å². The largest absolute Gasteiger partial charge is 1.00 e. The second kappa shape index (κ2) is 46.4. The van der Waals surface area contributed by atoms with E-state index in [1.54, 1.807) is 83.9 Å². The molecule has 0 unspecified atom stereocenters. The molecule has 0 aromatic carbocycles. The Balaban J connectivity index is 0.000000319. The van der Waals surface area contributed by atoms with Crippen LogP contribution in [0, 0.1) is 53.3 Å². The molecule has 0 radical (unpaired) electrons. The molecule has 6 heterocycles. The van der Waals surface area contributed by atoms with Gasteiger partial charge in [-0.2, -0.15) is 0 Å². The molecule has 5 saturated carbocycles. The molecule has 6 aliphatic heterocycles. The summed E-state index contributed by atoms with van der Waals surface area (Å²) in [6.07, 6.45) is 28.7. The Morgan fingerprint density at radius 2 is 0.786 bits per heavy atom. The van der Waals surface area contributed by atoms with Gasteiger partial charge in [0.25, 0.3) is 5.91 Å². The fourth-order valence-electron chi connectivity index (χ4n) is 17.8. The molecule has 12 N–H and O–H groups in total. The molecule has 0 aromatic heterocycles. The molecule has 0 spiro atoms. The zero-order valence-electron chi connectivity index (χ0n) is 78.6. The van der Waals surface area contributed by atoms with Crippen LogP contribution in [0.2, 0.25) is 0 Å². The van der Waals surface area contributed by atoms with Gasteiger partial charge in [-0.25, -0.2) is 45.9 Å². The molecule has 15 atom stereocenters. The number of nitrogens with two attached hydrogens (primary N) is 1. The number of nitrogens with zero attached hydrogens (tertiary/aromatic N) is 3. The van der Waals surface area contributed by atoms with Crippen LogP contribution in [0.1, 0.15) is 292 Å². The second-order valence-corrected chi connectivity index (χ2v) is 44.1. The monoisotopic (exact) mass is 1810 g/mol. The summed E-state index contributed by atoms with van der Waals surface area (Å²) in [6.45, 7) is 31.7. The summed E-state index contributed by atoms with van der Waals surface area (Å²) < 4.78 is 69.4. The van der Waals surface area contributed by atoms with Gasteiger partial charge in [0.1, 0.15) is 69.7 Å². The maximum Gasteiger partial charge on any atom is 1.00 e. The Hall–Kier alpha value is -7.36. The average molecular weight is 1810 g/mol. The van der Waals surface area contributed by atoms with E-state index in [0.717, 1.165) is 103 Å². The van der Waals surface area contributed by atoms with Gasteiger partial charge >= 0.3 is 49.1 Å². The summed E-state index contributed by atoms with van der Waals surface area (Å²) in [6, 6.07) is -4.78. The number of nitrogens with one attached hydrogen (secondary N) is 7. The van der Waals surface area contributed by atoms with Crippen LogP contribution in [0.5, 0.6) is 0 Å². The molecular formula is C89H148LiN11O23S2. The minimum atomic E-state index is -3.80. The van der Waals surface area contributed by atoms with Crippen LogP contribution < -0.4 is 60.6 Å². The topological polar surface area (TPSA) is 491 Å². The Kier molecular flexibility index (Phi) is 39.6. The maximum atomic E-state index is 14.0. The van der Waals surface area contributed by atoms with Crippen LogP contribution in [0.4, 0.5) is 14.4 Å². The SMILES string of the molecule is CC(C)C[C@@H]1C[C@H]2C(=O)N[C@]3(C(=O)NS(=O)(=O)C4CC4)C[C@H]3/C=C\CCCCC[C@H](NC(=O)OC(C)(C)C)C(=O)N2C1.CC(C)C[C@@H]1C[C@H]2C(=O)N[C@]3(C(=O)O)C[C@H]3/C=C\CCCCC[C@H](NC(=O)OC(C)(C)C)C(=O)N2C1.CCOC(=O)[C@@]12C[C@H]1/C=C\CCCCC[C@H](NC(=O)OC(C)(C)C)C(=O)N1C[C@H](CC(C)C)C[C@H]1C(=O)N2.NS(=O)(=O)C1CC1.OO.[H-].[Li+]. The van der Waals surface area contributed by atoms with E-state index >= 15 is 0 Å². The number of sulfonamides is 2. The number of esters is 1. The quantitative estimate of drug-likeness (QED) is 0.0178. The van der Waals surface area contributed by atoms with Gasteiger partial charge in [0, 0.05) is 37.4 Å². The number of hydrogen-bond donors (Lipinski definition) is 11. The van der Waals surface area contributed by atoms with E-state index in [0.29, 0.717) is 114 Å². The molecule has 11 rings (SSSR count). The molecule has 0 bridgehead atoms. The molecule has 0 aromatic rings. The van der Waals surface area contributed by atoms with Crippen molar-refractivity contribution in [3.05, 3.63) is 36.5 Å². The van der Waals surface area contributed by atoms with Crippen LogP contribution >= 0.6 is 0 Å². The van der Waals surface area contributed by atoms with Gasteiger partial charge < -0.3 is 72.1 Å². The summed E-state index contributed by atoms with van der Waals surface area (Å²) in [5.74, 6) is -3.54. The third-order valence-corrected chi connectivity index (χ3v) is 27.4. The van der Waals surface area contributed by atoms with Crippen molar-refractivity contribution >= 4 is 91.6 Å². The van der Waals surface area contributed by atoms with Crippen molar-refractivity contribution in [1.82, 2.24) is 51.3 Å². The number of carboxylic acid groups (broad SMARTS) is 1.